The number of carbonyl (C=O) groups is 1. The van der Waals surface area contributed by atoms with Crippen LogP contribution in [0, 0.1) is 0 Å². The summed E-state index contributed by atoms with van der Waals surface area (Å²) in [6.45, 7) is 2.68. The molecule has 0 aliphatic rings. The van der Waals surface area contributed by atoms with E-state index in [1.165, 1.54) is 0 Å². The third kappa shape index (κ3) is 3.79. The van der Waals surface area contributed by atoms with Crippen molar-refractivity contribution in [3.8, 4) is 0 Å². The maximum absolute atomic E-state index is 11.7. The number of aryl methyl sites for hydroxylation is 1. The fourth-order valence-corrected chi connectivity index (χ4v) is 1.81. The van der Waals surface area contributed by atoms with Gasteiger partial charge in [0.1, 0.15) is 5.82 Å². The summed E-state index contributed by atoms with van der Waals surface area (Å²) in [7, 11) is 1.88. The van der Waals surface area contributed by atoms with Crippen molar-refractivity contribution in [3.05, 3.63) is 30.1 Å². The number of carbonyl (C=O) groups excluding carboxylic acids is 1. The molecule has 1 aromatic heterocycles. The van der Waals surface area contributed by atoms with Crippen LogP contribution in [0.4, 0.5) is 0 Å². The van der Waals surface area contributed by atoms with Gasteiger partial charge in [-0.2, -0.15) is 0 Å². The average Bonchev–Trinajstić information content (AvgIpc) is 2.85. The van der Waals surface area contributed by atoms with Gasteiger partial charge < -0.3 is 15.6 Å². The molecule has 1 unspecified atom stereocenters. The Hall–Kier alpha value is -1.88. The number of likely N-dealkylation sites (N-methyl/N-ethyl adjacent to an activating group) is 1. The number of hydrogen-bond acceptors (Lipinski definition) is 3. The van der Waals surface area contributed by atoms with Crippen LogP contribution in [-0.2, 0) is 11.2 Å². The Labute approximate surface area is 112 Å². The normalized spacial score (nSPS) is 12.5. The highest BCUT2D eigenvalue weighted by Gasteiger charge is 2.07. The third-order valence-corrected chi connectivity index (χ3v) is 3.13. The summed E-state index contributed by atoms with van der Waals surface area (Å²) in [5, 5.41) is 5.97. The number of rotatable bonds is 6. The maximum Gasteiger partial charge on any atom is 0.220 e. The smallest absolute Gasteiger partial charge is 0.220 e. The summed E-state index contributed by atoms with van der Waals surface area (Å²) in [4.78, 5) is 19.3. The molecule has 2 aromatic rings. The molecule has 0 radical (unpaired) electrons. The molecule has 0 saturated carbocycles. The molecule has 5 heteroatoms. The molecule has 102 valence electrons. The first-order chi connectivity index (χ1) is 9.19. The minimum Gasteiger partial charge on any atom is -0.355 e. The van der Waals surface area contributed by atoms with Crippen LogP contribution in [0.3, 0.4) is 0 Å². The molecule has 1 aromatic carbocycles. The van der Waals surface area contributed by atoms with Gasteiger partial charge in [-0.15, -0.1) is 0 Å². The Kier molecular flexibility index (Phi) is 4.52. The van der Waals surface area contributed by atoms with Gasteiger partial charge in [0.15, 0.2) is 0 Å². The number of hydrogen-bond donors (Lipinski definition) is 3. The van der Waals surface area contributed by atoms with Gasteiger partial charge in [-0.25, -0.2) is 4.98 Å². The van der Waals surface area contributed by atoms with E-state index in [2.05, 4.69) is 20.6 Å². The molecule has 0 fully saturated rings. The zero-order valence-corrected chi connectivity index (χ0v) is 11.4. The van der Waals surface area contributed by atoms with Crippen molar-refractivity contribution in [1.29, 1.82) is 0 Å². The number of aromatic nitrogens is 2. The molecule has 0 saturated heterocycles. The van der Waals surface area contributed by atoms with Crippen LogP contribution in [0.2, 0.25) is 0 Å². The predicted molar refractivity (Wildman–Crippen MR) is 75.9 cm³/mol. The largest absolute Gasteiger partial charge is 0.355 e. The first-order valence-electron chi connectivity index (χ1n) is 6.56. The van der Waals surface area contributed by atoms with E-state index in [1.54, 1.807) is 0 Å². The van der Waals surface area contributed by atoms with Gasteiger partial charge in [0, 0.05) is 25.4 Å². The van der Waals surface area contributed by atoms with E-state index >= 15 is 0 Å². The van der Waals surface area contributed by atoms with Gasteiger partial charge in [-0.1, -0.05) is 12.1 Å². The number of aromatic amines is 1. The third-order valence-electron chi connectivity index (χ3n) is 3.13. The molecular formula is C14H20N4O. The predicted octanol–water partition coefficient (Wildman–Crippen LogP) is 1.22. The van der Waals surface area contributed by atoms with Gasteiger partial charge >= 0.3 is 0 Å². The molecule has 2 rings (SSSR count). The standard InChI is InChI=1S/C14H20N4O/c1-10(15-2)9-16-14(19)8-7-13-17-11-5-3-4-6-12(11)18-13/h3-6,10,15H,7-9H2,1-2H3,(H,16,19)(H,17,18). The number of amides is 1. The van der Waals surface area contributed by atoms with Crippen molar-refractivity contribution in [3.63, 3.8) is 0 Å². The van der Waals surface area contributed by atoms with Crippen LogP contribution in [0.5, 0.6) is 0 Å². The summed E-state index contributed by atoms with van der Waals surface area (Å²) in [5.74, 6) is 0.917. The van der Waals surface area contributed by atoms with Gasteiger partial charge in [0.2, 0.25) is 5.91 Å². The van der Waals surface area contributed by atoms with Crippen molar-refractivity contribution in [2.24, 2.45) is 0 Å². The number of imidazole rings is 1. The summed E-state index contributed by atoms with van der Waals surface area (Å²) in [6, 6.07) is 8.16. The van der Waals surface area contributed by atoms with E-state index in [0.29, 0.717) is 19.4 Å². The van der Waals surface area contributed by atoms with E-state index in [0.717, 1.165) is 16.9 Å². The Morgan fingerprint density at radius 1 is 1.42 bits per heavy atom. The minimum absolute atomic E-state index is 0.0579. The highest BCUT2D eigenvalue weighted by atomic mass is 16.1. The second kappa shape index (κ2) is 6.33. The molecule has 0 bridgehead atoms. The van der Waals surface area contributed by atoms with Crippen molar-refractivity contribution >= 4 is 16.9 Å². The Morgan fingerprint density at radius 2 is 2.21 bits per heavy atom. The molecule has 1 amide bonds. The second-order valence-electron chi connectivity index (χ2n) is 4.69. The fourth-order valence-electron chi connectivity index (χ4n) is 1.81. The fraction of sp³-hybridized carbons (Fsp3) is 0.429. The van der Waals surface area contributed by atoms with E-state index in [-0.39, 0.29) is 11.9 Å². The Bertz CT molecular complexity index is 516. The van der Waals surface area contributed by atoms with Gasteiger partial charge in [0.05, 0.1) is 11.0 Å². The number of para-hydroxylation sites is 2. The number of H-pyrrole nitrogens is 1. The van der Waals surface area contributed by atoms with E-state index < -0.39 is 0 Å². The summed E-state index contributed by atoms with van der Waals surface area (Å²) < 4.78 is 0. The lowest BCUT2D eigenvalue weighted by Gasteiger charge is -2.10. The number of benzene rings is 1. The summed E-state index contributed by atoms with van der Waals surface area (Å²) >= 11 is 0. The quantitative estimate of drug-likeness (QED) is 0.731. The van der Waals surface area contributed by atoms with Gasteiger partial charge in [0.25, 0.3) is 0 Å². The van der Waals surface area contributed by atoms with Crippen molar-refractivity contribution in [1.82, 2.24) is 20.6 Å². The molecule has 0 spiro atoms. The van der Waals surface area contributed by atoms with Crippen molar-refractivity contribution < 1.29 is 4.79 Å². The van der Waals surface area contributed by atoms with Gasteiger partial charge in [-0.3, -0.25) is 4.79 Å². The first kappa shape index (κ1) is 13.5. The Balaban J connectivity index is 1.83. The lowest BCUT2D eigenvalue weighted by molar-refractivity contribution is -0.121. The van der Waals surface area contributed by atoms with Crippen molar-refractivity contribution in [2.75, 3.05) is 13.6 Å². The topological polar surface area (TPSA) is 69.8 Å². The van der Waals surface area contributed by atoms with E-state index in [4.69, 9.17) is 0 Å². The average molecular weight is 260 g/mol. The first-order valence-corrected chi connectivity index (χ1v) is 6.56. The molecule has 0 aliphatic heterocycles. The van der Waals surface area contributed by atoms with Crippen molar-refractivity contribution in [2.45, 2.75) is 25.8 Å². The zero-order valence-electron chi connectivity index (χ0n) is 11.4. The molecular weight excluding hydrogens is 240 g/mol. The molecule has 5 nitrogen and oxygen atoms in total. The van der Waals surface area contributed by atoms with Crippen LogP contribution >= 0.6 is 0 Å². The molecule has 19 heavy (non-hydrogen) atoms. The number of nitrogens with zero attached hydrogens (tertiary/aromatic N) is 1. The van der Waals surface area contributed by atoms with Crippen LogP contribution in [0.25, 0.3) is 11.0 Å². The van der Waals surface area contributed by atoms with Crippen LogP contribution in [-0.4, -0.2) is 35.5 Å². The van der Waals surface area contributed by atoms with Crippen LogP contribution in [0.15, 0.2) is 24.3 Å². The lowest BCUT2D eigenvalue weighted by atomic mass is 10.2. The second-order valence-corrected chi connectivity index (χ2v) is 4.69. The summed E-state index contributed by atoms with van der Waals surface area (Å²) in [6.07, 6.45) is 1.09. The molecule has 3 N–H and O–H groups in total. The highest BCUT2D eigenvalue weighted by molar-refractivity contribution is 5.77. The molecule has 1 heterocycles. The lowest BCUT2D eigenvalue weighted by Crippen LogP contribution is -2.37. The molecule has 1 atom stereocenters. The van der Waals surface area contributed by atoms with Gasteiger partial charge in [-0.05, 0) is 26.1 Å². The summed E-state index contributed by atoms with van der Waals surface area (Å²) in [5.41, 5.74) is 1.96. The zero-order chi connectivity index (χ0) is 13.7. The van der Waals surface area contributed by atoms with Crippen LogP contribution in [0.1, 0.15) is 19.2 Å². The van der Waals surface area contributed by atoms with E-state index in [1.807, 2.05) is 38.2 Å². The van der Waals surface area contributed by atoms with Crippen LogP contribution < -0.4 is 10.6 Å². The number of fused-ring (bicyclic) bond motifs is 1. The molecule has 0 aliphatic carbocycles. The Morgan fingerprint density at radius 3 is 2.95 bits per heavy atom. The SMILES string of the molecule is CNC(C)CNC(=O)CCc1nc2ccccc2[nH]1. The van der Waals surface area contributed by atoms with E-state index in [9.17, 15) is 4.79 Å². The monoisotopic (exact) mass is 260 g/mol. The number of nitrogens with one attached hydrogen (secondary N) is 3. The maximum atomic E-state index is 11.7. The minimum atomic E-state index is 0.0579. The highest BCUT2D eigenvalue weighted by Crippen LogP contribution is 2.11.